The molecule has 21 heavy (non-hydrogen) atoms. The number of pyridine rings is 1. The van der Waals surface area contributed by atoms with Crippen LogP contribution in [0.3, 0.4) is 0 Å². The van der Waals surface area contributed by atoms with Gasteiger partial charge in [-0.2, -0.15) is 0 Å². The molecule has 1 N–H and O–H groups in total. The van der Waals surface area contributed by atoms with Crippen LogP contribution in [-0.2, 0) is 4.79 Å². The molecule has 0 aromatic carbocycles. The van der Waals surface area contributed by atoms with Crippen molar-refractivity contribution in [1.29, 1.82) is 0 Å². The van der Waals surface area contributed by atoms with E-state index >= 15 is 0 Å². The first-order valence-corrected chi connectivity index (χ1v) is 7.50. The lowest BCUT2D eigenvalue weighted by molar-refractivity contribution is -0.129. The molecule has 1 aromatic heterocycles. The lowest BCUT2D eigenvalue weighted by Crippen LogP contribution is -2.40. The van der Waals surface area contributed by atoms with E-state index in [9.17, 15) is 9.59 Å². The maximum atomic E-state index is 12.1. The van der Waals surface area contributed by atoms with Crippen molar-refractivity contribution in [2.45, 2.75) is 33.6 Å². The Bertz CT molecular complexity index is 514. The van der Waals surface area contributed by atoms with Gasteiger partial charge in [0.2, 0.25) is 5.91 Å². The standard InChI is InChI=1S/C15H22ClN3O2/c1-5-19(6-2)14(20)9-17-15(21)11-7-12(10(3)4)18-13(16)8-11/h7-8,10H,5-6,9H2,1-4H3,(H,17,21). The van der Waals surface area contributed by atoms with Crippen molar-refractivity contribution in [3.8, 4) is 0 Å². The Labute approximate surface area is 130 Å². The van der Waals surface area contributed by atoms with Gasteiger partial charge < -0.3 is 10.2 Å². The van der Waals surface area contributed by atoms with Gasteiger partial charge in [0.25, 0.3) is 5.91 Å². The van der Waals surface area contributed by atoms with Crippen molar-refractivity contribution in [2.24, 2.45) is 0 Å². The summed E-state index contributed by atoms with van der Waals surface area (Å²) in [5.74, 6) is -0.244. The highest BCUT2D eigenvalue weighted by atomic mass is 35.5. The maximum Gasteiger partial charge on any atom is 0.251 e. The number of carbonyl (C=O) groups is 2. The highest BCUT2D eigenvalue weighted by Crippen LogP contribution is 2.17. The average Bonchev–Trinajstić information content (AvgIpc) is 2.45. The second-order valence-corrected chi connectivity index (χ2v) is 5.39. The minimum atomic E-state index is -0.318. The third-order valence-electron chi connectivity index (χ3n) is 3.18. The molecule has 0 saturated heterocycles. The fraction of sp³-hybridized carbons (Fsp3) is 0.533. The summed E-state index contributed by atoms with van der Waals surface area (Å²) in [4.78, 5) is 29.8. The predicted molar refractivity (Wildman–Crippen MR) is 83.6 cm³/mol. The minimum absolute atomic E-state index is 0.0164. The molecule has 0 atom stereocenters. The SMILES string of the molecule is CCN(CC)C(=O)CNC(=O)c1cc(Cl)nc(C(C)C)c1. The number of carbonyl (C=O) groups excluding carboxylic acids is 2. The van der Waals surface area contributed by atoms with Crippen LogP contribution in [0.1, 0.15) is 49.7 Å². The second-order valence-electron chi connectivity index (χ2n) is 5.01. The van der Waals surface area contributed by atoms with Gasteiger partial charge in [-0.1, -0.05) is 25.4 Å². The van der Waals surface area contributed by atoms with E-state index in [0.29, 0.717) is 18.7 Å². The highest BCUT2D eigenvalue weighted by Gasteiger charge is 2.14. The van der Waals surface area contributed by atoms with Crippen molar-refractivity contribution < 1.29 is 9.59 Å². The van der Waals surface area contributed by atoms with Crippen LogP contribution in [0.4, 0.5) is 0 Å². The lowest BCUT2D eigenvalue weighted by Gasteiger charge is -2.18. The maximum absolute atomic E-state index is 12.1. The number of aromatic nitrogens is 1. The molecule has 5 nitrogen and oxygen atoms in total. The van der Waals surface area contributed by atoms with Gasteiger partial charge in [-0.15, -0.1) is 0 Å². The Hall–Kier alpha value is -1.62. The second kappa shape index (κ2) is 7.98. The molecule has 1 aromatic rings. The highest BCUT2D eigenvalue weighted by molar-refractivity contribution is 6.29. The van der Waals surface area contributed by atoms with E-state index in [0.717, 1.165) is 5.69 Å². The van der Waals surface area contributed by atoms with Crippen molar-refractivity contribution >= 4 is 23.4 Å². The molecule has 6 heteroatoms. The first-order chi connectivity index (χ1) is 9.88. The first-order valence-electron chi connectivity index (χ1n) is 7.12. The monoisotopic (exact) mass is 311 g/mol. The van der Waals surface area contributed by atoms with E-state index in [-0.39, 0.29) is 29.4 Å². The zero-order valence-corrected chi connectivity index (χ0v) is 13.7. The van der Waals surface area contributed by atoms with Crippen LogP contribution < -0.4 is 5.32 Å². The van der Waals surface area contributed by atoms with Gasteiger partial charge in [0, 0.05) is 24.3 Å². The summed E-state index contributed by atoms with van der Waals surface area (Å²) in [6, 6.07) is 3.21. The van der Waals surface area contributed by atoms with Gasteiger partial charge in [-0.3, -0.25) is 9.59 Å². The molecule has 0 unspecified atom stereocenters. The van der Waals surface area contributed by atoms with E-state index in [2.05, 4.69) is 10.3 Å². The van der Waals surface area contributed by atoms with Crippen molar-refractivity contribution in [1.82, 2.24) is 15.2 Å². The molecule has 0 aliphatic carbocycles. The molecule has 0 fully saturated rings. The quantitative estimate of drug-likeness (QED) is 0.821. The smallest absolute Gasteiger partial charge is 0.251 e. The molecular weight excluding hydrogens is 290 g/mol. The number of rotatable bonds is 6. The Morgan fingerprint density at radius 2 is 1.90 bits per heavy atom. The third kappa shape index (κ3) is 5.01. The van der Waals surface area contributed by atoms with Gasteiger partial charge in [-0.05, 0) is 31.9 Å². The molecule has 116 valence electrons. The normalized spacial score (nSPS) is 10.6. The Kier molecular flexibility index (Phi) is 6.62. The van der Waals surface area contributed by atoms with Gasteiger partial charge in [0.05, 0.1) is 6.54 Å². The zero-order valence-electron chi connectivity index (χ0n) is 12.9. The molecule has 0 saturated carbocycles. The molecule has 0 spiro atoms. The fourth-order valence-corrected chi connectivity index (χ4v) is 2.11. The molecule has 2 amide bonds. The van der Waals surface area contributed by atoms with Gasteiger partial charge >= 0.3 is 0 Å². The molecule has 0 radical (unpaired) electrons. The largest absolute Gasteiger partial charge is 0.343 e. The molecule has 1 heterocycles. The van der Waals surface area contributed by atoms with Crippen molar-refractivity contribution in [2.75, 3.05) is 19.6 Å². The number of nitrogens with zero attached hydrogens (tertiary/aromatic N) is 2. The first kappa shape index (κ1) is 17.4. The van der Waals surface area contributed by atoms with Crippen molar-refractivity contribution in [3.05, 3.63) is 28.5 Å². The number of hydrogen-bond acceptors (Lipinski definition) is 3. The molecule has 0 aliphatic heterocycles. The van der Waals surface area contributed by atoms with Crippen LogP contribution in [0, 0.1) is 0 Å². The molecule has 0 bridgehead atoms. The Morgan fingerprint density at radius 3 is 2.43 bits per heavy atom. The van der Waals surface area contributed by atoms with Crippen LogP contribution in [-0.4, -0.2) is 41.3 Å². The lowest BCUT2D eigenvalue weighted by atomic mass is 10.1. The van der Waals surface area contributed by atoms with Gasteiger partial charge in [-0.25, -0.2) is 4.98 Å². The minimum Gasteiger partial charge on any atom is -0.343 e. The predicted octanol–water partition coefficient (Wildman–Crippen LogP) is 2.46. The van der Waals surface area contributed by atoms with E-state index in [1.54, 1.807) is 11.0 Å². The van der Waals surface area contributed by atoms with Crippen LogP contribution in [0.5, 0.6) is 0 Å². The van der Waals surface area contributed by atoms with E-state index in [1.165, 1.54) is 6.07 Å². The summed E-state index contributed by atoms with van der Waals surface area (Å²) >= 11 is 5.93. The summed E-state index contributed by atoms with van der Waals surface area (Å²) in [6.45, 7) is 9.00. The number of amides is 2. The van der Waals surface area contributed by atoms with Gasteiger partial charge in [0.1, 0.15) is 5.15 Å². The van der Waals surface area contributed by atoms with E-state index < -0.39 is 0 Å². The summed E-state index contributed by atoms with van der Waals surface area (Å²) in [5, 5.41) is 2.90. The number of halogens is 1. The number of likely N-dealkylation sites (N-methyl/N-ethyl adjacent to an activating group) is 1. The van der Waals surface area contributed by atoms with Crippen molar-refractivity contribution in [3.63, 3.8) is 0 Å². The summed E-state index contributed by atoms with van der Waals surface area (Å²) in [5.41, 5.74) is 1.17. The fourth-order valence-electron chi connectivity index (χ4n) is 1.89. The topological polar surface area (TPSA) is 62.3 Å². The van der Waals surface area contributed by atoms with Crippen LogP contribution in [0.25, 0.3) is 0 Å². The molecule has 0 aliphatic rings. The van der Waals surface area contributed by atoms with Crippen LogP contribution >= 0.6 is 11.6 Å². The van der Waals surface area contributed by atoms with E-state index in [1.807, 2.05) is 27.7 Å². The zero-order chi connectivity index (χ0) is 16.0. The average molecular weight is 312 g/mol. The Balaban J connectivity index is 2.74. The van der Waals surface area contributed by atoms with Crippen LogP contribution in [0.15, 0.2) is 12.1 Å². The molecular formula is C15H22ClN3O2. The summed E-state index contributed by atoms with van der Waals surface area (Å²) < 4.78 is 0. The number of nitrogens with one attached hydrogen (secondary N) is 1. The summed E-state index contributed by atoms with van der Waals surface area (Å²) in [7, 11) is 0. The Morgan fingerprint density at radius 1 is 1.29 bits per heavy atom. The van der Waals surface area contributed by atoms with Crippen LogP contribution in [0.2, 0.25) is 5.15 Å². The molecule has 1 rings (SSSR count). The number of hydrogen-bond donors (Lipinski definition) is 1. The van der Waals surface area contributed by atoms with E-state index in [4.69, 9.17) is 11.6 Å². The van der Waals surface area contributed by atoms with Gasteiger partial charge in [0.15, 0.2) is 0 Å². The third-order valence-corrected chi connectivity index (χ3v) is 3.38. The summed E-state index contributed by atoms with van der Waals surface area (Å²) in [6.07, 6.45) is 0.